The van der Waals surface area contributed by atoms with E-state index < -0.39 is 0 Å². The summed E-state index contributed by atoms with van der Waals surface area (Å²) in [5, 5.41) is 8.38. The molecule has 3 unspecified atom stereocenters. The number of aryl methyl sites for hydroxylation is 1. The Balaban J connectivity index is 2.05. The molecule has 0 spiro atoms. The SMILES string of the molecule is CCCNC1CCC(C(C)(C)C)CC1Cc1ccn(C)n1. The van der Waals surface area contributed by atoms with Gasteiger partial charge >= 0.3 is 0 Å². The van der Waals surface area contributed by atoms with E-state index in [0.29, 0.717) is 11.5 Å². The molecule has 3 atom stereocenters. The monoisotopic (exact) mass is 291 g/mol. The lowest BCUT2D eigenvalue weighted by Gasteiger charge is -2.42. The van der Waals surface area contributed by atoms with E-state index in [9.17, 15) is 0 Å². The molecule has 1 aromatic rings. The number of rotatable bonds is 5. The summed E-state index contributed by atoms with van der Waals surface area (Å²) in [6, 6.07) is 2.85. The van der Waals surface area contributed by atoms with Crippen LogP contribution in [0.5, 0.6) is 0 Å². The minimum absolute atomic E-state index is 0.429. The molecule has 0 saturated heterocycles. The normalized spacial score (nSPS) is 27.0. The van der Waals surface area contributed by atoms with Crippen LogP contribution in [0.15, 0.2) is 12.3 Å². The van der Waals surface area contributed by atoms with Crippen LogP contribution in [0.25, 0.3) is 0 Å². The average molecular weight is 291 g/mol. The Hall–Kier alpha value is -0.830. The molecule has 3 nitrogen and oxygen atoms in total. The summed E-state index contributed by atoms with van der Waals surface area (Å²) in [6.07, 6.45) is 8.42. The van der Waals surface area contributed by atoms with Gasteiger partial charge < -0.3 is 5.32 Å². The van der Waals surface area contributed by atoms with Gasteiger partial charge in [-0.3, -0.25) is 4.68 Å². The summed E-state index contributed by atoms with van der Waals surface area (Å²) >= 11 is 0. The zero-order valence-electron chi connectivity index (χ0n) is 14.5. The number of aromatic nitrogens is 2. The van der Waals surface area contributed by atoms with E-state index in [1.165, 1.54) is 31.4 Å². The molecule has 0 aliphatic heterocycles. The van der Waals surface area contributed by atoms with Crippen LogP contribution in [-0.4, -0.2) is 22.4 Å². The van der Waals surface area contributed by atoms with Crippen LogP contribution < -0.4 is 5.32 Å². The lowest BCUT2D eigenvalue weighted by molar-refractivity contribution is 0.113. The van der Waals surface area contributed by atoms with Crippen LogP contribution in [0.1, 0.15) is 59.1 Å². The molecule has 1 N–H and O–H groups in total. The fourth-order valence-electron chi connectivity index (χ4n) is 3.72. The first kappa shape index (κ1) is 16.5. The smallest absolute Gasteiger partial charge is 0.0627 e. The molecule has 1 saturated carbocycles. The second-order valence-electron chi connectivity index (χ2n) is 7.88. The first-order valence-corrected chi connectivity index (χ1v) is 8.62. The van der Waals surface area contributed by atoms with E-state index in [1.807, 2.05) is 11.7 Å². The minimum atomic E-state index is 0.429. The van der Waals surface area contributed by atoms with Gasteiger partial charge in [0.15, 0.2) is 0 Å². The number of nitrogens with zero attached hydrogens (tertiary/aromatic N) is 2. The van der Waals surface area contributed by atoms with Crippen molar-refractivity contribution in [1.82, 2.24) is 15.1 Å². The fraction of sp³-hybridized carbons (Fsp3) is 0.833. The lowest BCUT2D eigenvalue weighted by atomic mass is 9.66. The van der Waals surface area contributed by atoms with Gasteiger partial charge in [-0.2, -0.15) is 5.10 Å². The topological polar surface area (TPSA) is 29.9 Å². The maximum Gasteiger partial charge on any atom is 0.0627 e. The third kappa shape index (κ3) is 4.57. The van der Waals surface area contributed by atoms with E-state index in [0.717, 1.165) is 24.8 Å². The zero-order valence-corrected chi connectivity index (χ0v) is 14.5. The van der Waals surface area contributed by atoms with E-state index in [1.54, 1.807) is 0 Å². The summed E-state index contributed by atoms with van der Waals surface area (Å²) < 4.78 is 1.92. The highest BCUT2D eigenvalue weighted by atomic mass is 15.2. The molecule has 120 valence electrons. The van der Waals surface area contributed by atoms with Gasteiger partial charge in [-0.25, -0.2) is 0 Å². The van der Waals surface area contributed by atoms with Crippen molar-refractivity contribution >= 4 is 0 Å². The molecule has 1 heterocycles. The van der Waals surface area contributed by atoms with Crippen molar-refractivity contribution in [3.63, 3.8) is 0 Å². The fourth-order valence-corrected chi connectivity index (χ4v) is 3.72. The summed E-state index contributed by atoms with van der Waals surface area (Å²) in [6.45, 7) is 10.6. The molecular weight excluding hydrogens is 258 g/mol. The molecule has 2 rings (SSSR count). The van der Waals surface area contributed by atoms with Gasteiger partial charge in [0.25, 0.3) is 0 Å². The molecule has 0 bridgehead atoms. The van der Waals surface area contributed by atoms with Crippen LogP contribution in [0.3, 0.4) is 0 Å². The van der Waals surface area contributed by atoms with Crippen LogP contribution >= 0.6 is 0 Å². The zero-order chi connectivity index (χ0) is 15.5. The Morgan fingerprint density at radius 2 is 2.10 bits per heavy atom. The van der Waals surface area contributed by atoms with Crippen LogP contribution in [0.2, 0.25) is 0 Å². The highest BCUT2D eigenvalue weighted by Crippen LogP contribution is 2.41. The molecule has 1 aliphatic carbocycles. The second kappa shape index (κ2) is 6.95. The van der Waals surface area contributed by atoms with Crippen molar-refractivity contribution in [3.05, 3.63) is 18.0 Å². The highest BCUT2D eigenvalue weighted by molar-refractivity contribution is 5.03. The van der Waals surface area contributed by atoms with Gasteiger partial charge in [0.05, 0.1) is 5.69 Å². The van der Waals surface area contributed by atoms with Gasteiger partial charge in [-0.1, -0.05) is 27.7 Å². The lowest BCUT2D eigenvalue weighted by Crippen LogP contribution is -2.44. The van der Waals surface area contributed by atoms with E-state index >= 15 is 0 Å². The van der Waals surface area contributed by atoms with Crippen LogP contribution in [0.4, 0.5) is 0 Å². The molecule has 21 heavy (non-hydrogen) atoms. The van der Waals surface area contributed by atoms with Crippen molar-refractivity contribution in [2.45, 2.75) is 65.8 Å². The Labute approximate surface area is 130 Å². The predicted octanol–water partition coefficient (Wildman–Crippen LogP) is 3.79. The third-order valence-corrected chi connectivity index (χ3v) is 5.10. The van der Waals surface area contributed by atoms with Crippen LogP contribution in [0, 0.1) is 17.3 Å². The molecule has 1 aliphatic rings. The summed E-state index contributed by atoms with van der Waals surface area (Å²) in [5.41, 5.74) is 1.68. The Kier molecular flexibility index (Phi) is 5.48. The standard InChI is InChI=1S/C18H33N3/c1-6-10-19-17-8-7-15(18(2,3)4)12-14(17)13-16-9-11-21(5)20-16/h9,11,14-15,17,19H,6-8,10,12-13H2,1-5H3. The molecule has 0 amide bonds. The van der Waals surface area contributed by atoms with Crippen LogP contribution in [-0.2, 0) is 13.5 Å². The van der Waals surface area contributed by atoms with E-state index in [-0.39, 0.29) is 0 Å². The quantitative estimate of drug-likeness (QED) is 0.894. The van der Waals surface area contributed by atoms with E-state index in [2.05, 4.69) is 50.4 Å². The van der Waals surface area contributed by atoms with Gasteiger partial charge in [0.1, 0.15) is 0 Å². The largest absolute Gasteiger partial charge is 0.314 e. The van der Waals surface area contributed by atoms with E-state index in [4.69, 9.17) is 0 Å². The number of nitrogens with one attached hydrogen (secondary N) is 1. The average Bonchev–Trinajstić information content (AvgIpc) is 2.81. The first-order valence-electron chi connectivity index (χ1n) is 8.62. The molecular formula is C18H33N3. The van der Waals surface area contributed by atoms with Crippen molar-refractivity contribution in [3.8, 4) is 0 Å². The molecule has 3 heteroatoms. The maximum absolute atomic E-state index is 4.60. The maximum atomic E-state index is 4.60. The Bertz CT molecular complexity index is 430. The van der Waals surface area contributed by atoms with Gasteiger partial charge in [0.2, 0.25) is 0 Å². The third-order valence-electron chi connectivity index (χ3n) is 5.10. The summed E-state index contributed by atoms with van der Waals surface area (Å²) in [5.74, 6) is 1.57. The molecule has 1 fully saturated rings. The number of hydrogen-bond donors (Lipinski definition) is 1. The summed E-state index contributed by atoms with van der Waals surface area (Å²) in [4.78, 5) is 0. The van der Waals surface area contributed by atoms with Crippen molar-refractivity contribution in [2.24, 2.45) is 24.3 Å². The predicted molar refractivity (Wildman–Crippen MR) is 89.3 cm³/mol. The van der Waals surface area contributed by atoms with Crippen molar-refractivity contribution in [2.75, 3.05) is 6.54 Å². The molecule has 0 radical (unpaired) electrons. The highest BCUT2D eigenvalue weighted by Gasteiger charge is 2.35. The van der Waals surface area contributed by atoms with Gasteiger partial charge in [-0.05, 0) is 62.0 Å². The number of hydrogen-bond acceptors (Lipinski definition) is 2. The van der Waals surface area contributed by atoms with Crippen molar-refractivity contribution in [1.29, 1.82) is 0 Å². The minimum Gasteiger partial charge on any atom is -0.314 e. The van der Waals surface area contributed by atoms with Crippen molar-refractivity contribution < 1.29 is 0 Å². The Morgan fingerprint density at radius 1 is 1.33 bits per heavy atom. The summed E-state index contributed by atoms with van der Waals surface area (Å²) in [7, 11) is 2.01. The molecule has 0 aromatic carbocycles. The Morgan fingerprint density at radius 3 is 2.67 bits per heavy atom. The van der Waals surface area contributed by atoms with Gasteiger partial charge in [-0.15, -0.1) is 0 Å². The second-order valence-corrected chi connectivity index (χ2v) is 7.88. The van der Waals surface area contributed by atoms with Gasteiger partial charge in [0, 0.05) is 19.3 Å². The molecule has 1 aromatic heterocycles. The first-order chi connectivity index (χ1) is 9.90.